The molecule has 4 aromatic rings. The zero-order valence-electron chi connectivity index (χ0n) is 28.8. The van der Waals surface area contributed by atoms with Crippen LogP contribution >= 0.6 is 0 Å². The lowest BCUT2D eigenvalue weighted by Crippen LogP contribution is -2.49. The zero-order valence-corrected chi connectivity index (χ0v) is 28.8. The Morgan fingerprint density at radius 2 is 1.71 bits per heavy atom. The molecule has 1 aromatic carbocycles. The summed E-state index contributed by atoms with van der Waals surface area (Å²) in [6.45, 7) is 6.24. The summed E-state index contributed by atoms with van der Waals surface area (Å²) < 4.78 is 15.0. The summed E-state index contributed by atoms with van der Waals surface area (Å²) in [5.41, 5.74) is 3.47. The number of fused-ring (bicyclic) bond motifs is 2. The Morgan fingerprint density at radius 3 is 2.43 bits per heavy atom. The Hall–Kier alpha value is -4.98. The number of aromatic nitrogens is 3. The van der Waals surface area contributed by atoms with E-state index in [2.05, 4.69) is 57.6 Å². The van der Waals surface area contributed by atoms with Gasteiger partial charge in [0.15, 0.2) is 0 Å². The Morgan fingerprint density at radius 1 is 0.980 bits per heavy atom. The molecule has 5 fully saturated rings. The number of hydrogen-bond donors (Lipinski definition) is 4. The number of carbonyl (C=O) groups excluding carboxylic acids is 3. The van der Waals surface area contributed by atoms with Crippen molar-refractivity contribution < 1.29 is 18.8 Å². The van der Waals surface area contributed by atoms with E-state index in [1.165, 1.54) is 0 Å². The summed E-state index contributed by atoms with van der Waals surface area (Å²) in [6.07, 6.45) is 6.89. The second-order valence-electron chi connectivity index (χ2n) is 16.3. The third-order valence-electron chi connectivity index (χ3n) is 12.5. The molecule has 4 heterocycles. The van der Waals surface area contributed by atoms with Crippen LogP contribution < -0.4 is 10.6 Å². The largest absolute Gasteiger partial charge is 0.354 e. The molecule has 51 heavy (non-hydrogen) atoms. The van der Waals surface area contributed by atoms with Gasteiger partial charge in [-0.3, -0.25) is 19.4 Å². The van der Waals surface area contributed by atoms with Gasteiger partial charge in [0, 0.05) is 60.2 Å². The Bertz CT molecular complexity index is 2110. The van der Waals surface area contributed by atoms with E-state index in [4.69, 9.17) is 0 Å². The minimum Gasteiger partial charge on any atom is -0.354 e. The van der Waals surface area contributed by atoms with Gasteiger partial charge in [0.25, 0.3) is 11.8 Å². The number of piperidine rings is 1. The maximum Gasteiger partial charge on any atom is 0.270 e. The quantitative estimate of drug-likeness (QED) is 0.150. The number of aromatic amines is 2. The molecule has 262 valence electrons. The fourth-order valence-electron chi connectivity index (χ4n) is 8.54. The van der Waals surface area contributed by atoms with Gasteiger partial charge < -0.3 is 25.5 Å². The third-order valence-corrected chi connectivity index (χ3v) is 12.5. The van der Waals surface area contributed by atoms with E-state index in [9.17, 15) is 19.6 Å². The van der Waals surface area contributed by atoms with Gasteiger partial charge in [0.2, 0.25) is 5.91 Å². The van der Waals surface area contributed by atoms with Crippen LogP contribution in [-0.4, -0.2) is 62.4 Å². The van der Waals surface area contributed by atoms with E-state index in [1.54, 1.807) is 18.5 Å². The topological polar surface area (TPSA) is 147 Å². The second-order valence-corrected chi connectivity index (χ2v) is 16.3. The van der Waals surface area contributed by atoms with Gasteiger partial charge in [-0.1, -0.05) is 32.0 Å². The van der Waals surface area contributed by atoms with Crippen LogP contribution in [0.2, 0.25) is 0 Å². The fraction of sp³-hybridized carbons (Fsp3) is 0.475. The molecule has 3 unspecified atom stereocenters. The molecule has 4 N–H and O–H groups in total. The van der Waals surface area contributed by atoms with Gasteiger partial charge in [-0.2, -0.15) is 5.26 Å². The van der Waals surface area contributed by atoms with Crippen LogP contribution in [0, 0.1) is 28.6 Å². The van der Waals surface area contributed by atoms with Crippen molar-refractivity contribution in [2.24, 2.45) is 17.3 Å². The van der Waals surface area contributed by atoms with Gasteiger partial charge in [-0.15, -0.1) is 0 Å². The van der Waals surface area contributed by atoms with E-state index >= 15 is 4.39 Å². The molecule has 4 aliphatic carbocycles. The summed E-state index contributed by atoms with van der Waals surface area (Å²) in [6, 6.07) is 13.6. The van der Waals surface area contributed by atoms with Gasteiger partial charge in [0.1, 0.15) is 29.1 Å². The first-order valence-electron chi connectivity index (χ1n) is 18.3. The van der Waals surface area contributed by atoms with Crippen molar-refractivity contribution in [2.45, 2.75) is 87.9 Å². The number of pyridine rings is 1. The van der Waals surface area contributed by atoms with Crippen LogP contribution in [0.4, 0.5) is 4.39 Å². The van der Waals surface area contributed by atoms with Crippen molar-refractivity contribution >= 4 is 28.5 Å². The minimum atomic E-state index is -1.51. The third kappa shape index (κ3) is 5.88. The molecule has 0 radical (unpaired) electrons. The molecule has 9 rings (SSSR count). The number of benzene rings is 1. The number of nitrogens with one attached hydrogen (secondary N) is 4. The predicted molar refractivity (Wildman–Crippen MR) is 188 cm³/mol. The van der Waals surface area contributed by atoms with Gasteiger partial charge in [-0.25, -0.2) is 4.39 Å². The van der Waals surface area contributed by atoms with Crippen molar-refractivity contribution in [1.82, 2.24) is 30.5 Å². The molecule has 1 saturated heterocycles. The molecule has 6 atom stereocenters. The van der Waals surface area contributed by atoms with Gasteiger partial charge in [0.05, 0.1) is 6.07 Å². The number of rotatable bonds is 11. The monoisotopic (exact) mass is 687 g/mol. The Balaban J connectivity index is 0.898. The Labute approximate surface area is 295 Å². The maximum atomic E-state index is 15.0. The number of nitriles is 1. The molecule has 10 nitrogen and oxygen atoms in total. The van der Waals surface area contributed by atoms with E-state index in [0.29, 0.717) is 53.0 Å². The number of halogens is 1. The summed E-state index contributed by atoms with van der Waals surface area (Å²) in [7, 11) is 0. The first-order chi connectivity index (χ1) is 24.5. The lowest BCUT2D eigenvalue weighted by Gasteiger charge is -2.22. The van der Waals surface area contributed by atoms with Crippen molar-refractivity contribution in [1.29, 1.82) is 5.26 Å². The lowest BCUT2D eigenvalue weighted by molar-refractivity contribution is -0.124. The number of amides is 3. The van der Waals surface area contributed by atoms with Crippen molar-refractivity contribution in [3.8, 4) is 6.07 Å². The van der Waals surface area contributed by atoms with Crippen molar-refractivity contribution in [3.05, 3.63) is 88.8 Å². The molecular weight excluding hydrogens is 645 g/mol. The normalized spacial score (nSPS) is 26.1. The smallest absolute Gasteiger partial charge is 0.270 e. The number of likely N-dealkylation sites (tertiary alicyclic amines) is 1. The molecule has 1 aliphatic heterocycles. The van der Waals surface area contributed by atoms with Crippen LogP contribution in [0.3, 0.4) is 0 Å². The summed E-state index contributed by atoms with van der Waals surface area (Å²) in [5.74, 6) is 1.09. The van der Waals surface area contributed by atoms with Crippen LogP contribution in [0.1, 0.15) is 120 Å². The highest BCUT2D eigenvalue weighted by molar-refractivity contribution is 5.97. The van der Waals surface area contributed by atoms with Gasteiger partial charge >= 0.3 is 0 Å². The first-order valence-corrected chi connectivity index (χ1v) is 18.3. The zero-order chi connectivity index (χ0) is 35.2. The average Bonchev–Trinajstić information content (AvgIpc) is 4.12. The summed E-state index contributed by atoms with van der Waals surface area (Å²) in [5, 5.41) is 17.4. The number of nitrogens with zero attached hydrogens (tertiary/aromatic N) is 3. The summed E-state index contributed by atoms with van der Waals surface area (Å²) >= 11 is 0. The first kappa shape index (κ1) is 32.0. The van der Waals surface area contributed by atoms with Crippen molar-refractivity contribution in [2.75, 3.05) is 13.1 Å². The summed E-state index contributed by atoms with van der Waals surface area (Å²) in [4.78, 5) is 52.9. The molecule has 4 saturated carbocycles. The highest BCUT2D eigenvalue weighted by atomic mass is 19.1. The standard InChI is InChI=1S/C40H42FN7O3/c1-39(2)28-19-48(20-29(28)39)38(51)33-10-8-31(45-33)26-14-25(26)22-5-6-23-17-43-18-27(24(23)13-22)35(16-42)47-37(50)34(15-40(41)11-12-40)46-36(49)32-9-7-30(44-32)21-3-4-21/h5-10,13,17-18,21,25-26,28-29,34-35,44-45H,3-4,11-12,14-15,19-20H2,1-2H3,(H,46,49)(H,47,50)/t25?,26?,28-,29+,34-,35?/m0/s1. The number of alkyl halides is 1. The highest BCUT2D eigenvalue weighted by Gasteiger charge is 2.62. The molecule has 3 amide bonds. The average molecular weight is 688 g/mol. The van der Waals surface area contributed by atoms with Crippen LogP contribution in [0.5, 0.6) is 0 Å². The number of H-pyrrole nitrogens is 2. The Kier molecular flexibility index (Phi) is 7.22. The number of hydrogen-bond acceptors (Lipinski definition) is 5. The second kappa shape index (κ2) is 11.5. The van der Waals surface area contributed by atoms with E-state index in [0.717, 1.165) is 60.1 Å². The lowest BCUT2D eigenvalue weighted by atomic mass is 9.97. The highest BCUT2D eigenvalue weighted by Crippen LogP contribution is 2.62. The van der Waals surface area contributed by atoms with Crippen LogP contribution in [0.25, 0.3) is 10.8 Å². The van der Waals surface area contributed by atoms with Crippen LogP contribution in [0.15, 0.2) is 54.9 Å². The molecule has 11 heteroatoms. The van der Waals surface area contributed by atoms with E-state index in [-0.39, 0.29) is 24.2 Å². The molecule has 0 bridgehead atoms. The molecule has 5 aliphatic rings. The predicted octanol–water partition coefficient (Wildman–Crippen LogP) is 6.14. The van der Waals surface area contributed by atoms with E-state index in [1.807, 2.05) is 29.2 Å². The van der Waals surface area contributed by atoms with E-state index < -0.39 is 29.6 Å². The molecule has 3 aromatic heterocycles. The maximum absolute atomic E-state index is 15.0. The van der Waals surface area contributed by atoms with Gasteiger partial charge in [-0.05, 0) is 96.4 Å². The minimum absolute atomic E-state index is 0.0709. The van der Waals surface area contributed by atoms with Crippen LogP contribution in [-0.2, 0) is 4.79 Å². The fourth-order valence-corrected chi connectivity index (χ4v) is 8.54. The SMILES string of the molecule is CC1(C)[C@@H]2CN(C(=O)c3ccc(C4CC4c4ccc5cncc(C(C#N)NC(=O)[C@H](CC6(F)CC6)NC(=O)c6ccc(C7CC7)[nH]6)c5c4)[nH]3)C[C@@H]21. The molecule has 0 spiro atoms. The number of carbonyl (C=O) groups is 3. The van der Waals surface area contributed by atoms with Crippen molar-refractivity contribution in [3.63, 3.8) is 0 Å². The molecular formula is C40H42FN7O3.